The van der Waals surface area contributed by atoms with Crippen molar-refractivity contribution in [2.24, 2.45) is 0 Å². The van der Waals surface area contributed by atoms with Crippen molar-refractivity contribution < 1.29 is 0 Å². The molecule has 0 aliphatic rings. The molecule has 0 spiro atoms. The molecule has 0 heteroatoms. The van der Waals surface area contributed by atoms with E-state index < -0.39 is 0 Å². The summed E-state index contributed by atoms with van der Waals surface area (Å²) in [7, 11) is 0. The smallest absolute Gasteiger partial charge is 0.0184 e. The van der Waals surface area contributed by atoms with Crippen LogP contribution >= 0.6 is 0 Å². The maximum atomic E-state index is 3.01. The molecule has 0 bridgehead atoms. The molecule has 0 saturated carbocycles. The summed E-state index contributed by atoms with van der Waals surface area (Å²) in [5, 5.41) is 0. The molecule has 1 radical (unpaired) electrons. The van der Waals surface area contributed by atoms with Crippen LogP contribution in [0, 0.1) is 13.0 Å². The van der Waals surface area contributed by atoms with Gasteiger partial charge in [-0.25, -0.2) is 0 Å². The third-order valence-corrected chi connectivity index (χ3v) is 2.39. The SMILES string of the molecule is Cc1ccccc1C=Cc1cc[c]cc1. The lowest BCUT2D eigenvalue weighted by atomic mass is 10.1. The molecule has 0 aliphatic carbocycles. The second-order valence-electron chi connectivity index (χ2n) is 3.52. The molecule has 0 N–H and O–H groups in total. The lowest BCUT2D eigenvalue weighted by molar-refractivity contribution is 1.45. The topological polar surface area (TPSA) is 0 Å². The van der Waals surface area contributed by atoms with Crippen LogP contribution in [-0.2, 0) is 0 Å². The lowest BCUT2D eigenvalue weighted by Crippen LogP contribution is -1.77. The van der Waals surface area contributed by atoms with E-state index in [0.29, 0.717) is 0 Å². The molecule has 0 aliphatic heterocycles. The summed E-state index contributed by atoms with van der Waals surface area (Å²) in [4.78, 5) is 0. The normalized spacial score (nSPS) is 10.7. The van der Waals surface area contributed by atoms with Crippen molar-refractivity contribution in [3.8, 4) is 0 Å². The number of aryl methyl sites for hydroxylation is 1. The summed E-state index contributed by atoms with van der Waals surface area (Å²) in [5.41, 5.74) is 3.78. The molecular formula is C15H13. The van der Waals surface area contributed by atoms with Gasteiger partial charge in [-0.1, -0.05) is 60.7 Å². The Labute approximate surface area is 90.9 Å². The third kappa shape index (κ3) is 2.57. The molecule has 2 rings (SSSR count). The summed E-state index contributed by atoms with van der Waals surface area (Å²) in [6.07, 6.45) is 4.26. The molecule has 0 saturated heterocycles. The first-order valence-electron chi connectivity index (χ1n) is 5.06. The number of rotatable bonds is 2. The summed E-state index contributed by atoms with van der Waals surface area (Å²) >= 11 is 0. The zero-order valence-corrected chi connectivity index (χ0v) is 8.77. The first-order chi connectivity index (χ1) is 7.36. The number of hydrogen-bond acceptors (Lipinski definition) is 0. The fraction of sp³-hybridized carbons (Fsp3) is 0.0667. The maximum absolute atomic E-state index is 3.01. The van der Waals surface area contributed by atoms with E-state index in [-0.39, 0.29) is 0 Å². The summed E-state index contributed by atoms with van der Waals surface area (Å²) < 4.78 is 0. The average molecular weight is 193 g/mol. The molecule has 0 atom stereocenters. The minimum absolute atomic E-state index is 1.21. The Kier molecular flexibility index (Phi) is 2.99. The van der Waals surface area contributed by atoms with E-state index in [1.165, 1.54) is 16.7 Å². The molecular weight excluding hydrogens is 180 g/mol. The van der Waals surface area contributed by atoms with Gasteiger partial charge in [-0.2, -0.15) is 0 Å². The largest absolute Gasteiger partial charge is 0.0620 e. The highest BCUT2D eigenvalue weighted by Crippen LogP contribution is 2.11. The molecule has 2 aromatic rings. The Balaban J connectivity index is 2.23. The molecule has 0 heterocycles. The van der Waals surface area contributed by atoms with E-state index in [1.807, 2.05) is 12.1 Å². The van der Waals surface area contributed by atoms with Crippen LogP contribution in [0.3, 0.4) is 0 Å². The molecule has 2 aromatic carbocycles. The van der Waals surface area contributed by atoms with E-state index in [0.717, 1.165) is 0 Å². The Bertz CT molecular complexity index is 452. The predicted octanol–water partition coefficient (Wildman–Crippen LogP) is 3.97. The van der Waals surface area contributed by atoms with E-state index >= 15 is 0 Å². The highest BCUT2D eigenvalue weighted by molar-refractivity contribution is 5.70. The Hall–Kier alpha value is -1.82. The van der Waals surface area contributed by atoms with Crippen LogP contribution in [-0.4, -0.2) is 0 Å². The Morgan fingerprint density at radius 3 is 2.40 bits per heavy atom. The van der Waals surface area contributed by atoms with Gasteiger partial charge in [0.2, 0.25) is 0 Å². The fourth-order valence-electron chi connectivity index (χ4n) is 1.47. The van der Waals surface area contributed by atoms with Crippen LogP contribution in [0.2, 0.25) is 0 Å². The van der Waals surface area contributed by atoms with Gasteiger partial charge in [0.15, 0.2) is 0 Å². The van der Waals surface area contributed by atoms with Crippen molar-refractivity contribution in [2.45, 2.75) is 6.92 Å². The van der Waals surface area contributed by atoms with Crippen LogP contribution in [0.1, 0.15) is 16.7 Å². The predicted molar refractivity (Wildman–Crippen MR) is 65.4 cm³/mol. The van der Waals surface area contributed by atoms with Crippen LogP contribution in [0.15, 0.2) is 48.5 Å². The van der Waals surface area contributed by atoms with Crippen LogP contribution in [0.25, 0.3) is 12.2 Å². The van der Waals surface area contributed by atoms with Gasteiger partial charge in [0, 0.05) is 0 Å². The second-order valence-corrected chi connectivity index (χ2v) is 3.52. The van der Waals surface area contributed by atoms with Crippen molar-refractivity contribution in [3.05, 3.63) is 71.3 Å². The number of hydrogen-bond donors (Lipinski definition) is 0. The van der Waals surface area contributed by atoms with Gasteiger partial charge in [-0.15, -0.1) is 0 Å². The summed E-state index contributed by atoms with van der Waals surface area (Å²) in [6, 6.07) is 19.3. The average Bonchev–Trinajstić information content (AvgIpc) is 2.29. The maximum Gasteiger partial charge on any atom is -0.0184 e. The molecule has 0 fully saturated rings. The Morgan fingerprint density at radius 1 is 0.933 bits per heavy atom. The lowest BCUT2D eigenvalue weighted by Gasteiger charge is -1.98. The fourth-order valence-corrected chi connectivity index (χ4v) is 1.47. The van der Waals surface area contributed by atoms with Gasteiger partial charge in [0.25, 0.3) is 0 Å². The molecule has 73 valence electrons. The van der Waals surface area contributed by atoms with Crippen molar-refractivity contribution in [2.75, 3.05) is 0 Å². The van der Waals surface area contributed by atoms with Crippen molar-refractivity contribution in [1.82, 2.24) is 0 Å². The highest BCUT2D eigenvalue weighted by atomic mass is 14.0. The zero-order valence-electron chi connectivity index (χ0n) is 8.77. The number of benzene rings is 2. The van der Waals surface area contributed by atoms with E-state index in [2.05, 4.69) is 61.5 Å². The van der Waals surface area contributed by atoms with Crippen molar-refractivity contribution in [3.63, 3.8) is 0 Å². The zero-order chi connectivity index (χ0) is 10.5. The standard InChI is InChI=1S/C15H13/c1-13-7-5-6-10-15(13)12-11-14-8-3-2-4-9-14/h3-12H,1H3. The second kappa shape index (κ2) is 4.61. The van der Waals surface area contributed by atoms with Crippen LogP contribution in [0.4, 0.5) is 0 Å². The van der Waals surface area contributed by atoms with E-state index in [1.54, 1.807) is 0 Å². The van der Waals surface area contributed by atoms with Gasteiger partial charge in [-0.3, -0.25) is 0 Å². The Morgan fingerprint density at radius 2 is 1.67 bits per heavy atom. The molecule has 15 heavy (non-hydrogen) atoms. The third-order valence-electron chi connectivity index (χ3n) is 2.39. The minimum atomic E-state index is 1.21. The van der Waals surface area contributed by atoms with Gasteiger partial charge in [0.1, 0.15) is 0 Å². The quantitative estimate of drug-likeness (QED) is 0.633. The first kappa shape index (κ1) is 9.72. The first-order valence-corrected chi connectivity index (χ1v) is 5.06. The van der Waals surface area contributed by atoms with E-state index in [9.17, 15) is 0 Å². The van der Waals surface area contributed by atoms with Crippen LogP contribution < -0.4 is 0 Å². The molecule has 0 unspecified atom stereocenters. The molecule has 0 amide bonds. The van der Waals surface area contributed by atoms with Gasteiger partial charge < -0.3 is 0 Å². The monoisotopic (exact) mass is 193 g/mol. The summed E-state index contributed by atoms with van der Waals surface area (Å²) in [5.74, 6) is 0. The summed E-state index contributed by atoms with van der Waals surface area (Å²) in [6.45, 7) is 2.12. The van der Waals surface area contributed by atoms with Gasteiger partial charge in [-0.05, 0) is 29.7 Å². The highest BCUT2D eigenvalue weighted by Gasteiger charge is 1.90. The van der Waals surface area contributed by atoms with Gasteiger partial charge in [0.05, 0.1) is 0 Å². The van der Waals surface area contributed by atoms with Gasteiger partial charge >= 0.3 is 0 Å². The molecule has 0 nitrogen and oxygen atoms in total. The molecule has 0 aromatic heterocycles. The van der Waals surface area contributed by atoms with Crippen LogP contribution in [0.5, 0.6) is 0 Å². The van der Waals surface area contributed by atoms with E-state index in [4.69, 9.17) is 0 Å². The van der Waals surface area contributed by atoms with Crippen molar-refractivity contribution in [1.29, 1.82) is 0 Å². The minimum Gasteiger partial charge on any atom is -0.0620 e. The van der Waals surface area contributed by atoms with Crippen molar-refractivity contribution >= 4 is 12.2 Å².